The van der Waals surface area contributed by atoms with Gasteiger partial charge in [0.25, 0.3) is 0 Å². The third-order valence-corrected chi connectivity index (χ3v) is 3.58. The van der Waals surface area contributed by atoms with Crippen molar-refractivity contribution in [2.24, 2.45) is 5.84 Å². The monoisotopic (exact) mass is 324 g/mol. The molecule has 0 saturated carbocycles. The summed E-state index contributed by atoms with van der Waals surface area (Å²) < 4.78 is 20.2. The Morgan fingerprint density at radius 2 is 1.92 bits per heavy atom. The van der Waals surface area contributed by atoms with Gasteiger partial charge in [0.1, 0.15) is 18.2 Å². The molecule has 0 fully saturated rings. The maximum Gasteiger partial charge on any atom is 0.158 e. The van der Waals surface area contributed by atoms with E-state index >= 15 is 0 Å². The number of aromatic nitrogens is 2. The van der Waals surface area contributed by atoms with Crippen molar-refractivity contribution in [3.63, 3.8) is 0 Å². The number of hydrogen-bond acceptors (Lipinski definition) is 5. The third-order valence-electron chi connectivity index (χ3n) is 3.58. The number of halogens is 1. The molecule has 1 aromatic heterocycles. The Morgan fingerprint density at radius 1 is 1.12 bits per heavy atom. The van der Waals surface area contributed by atoms with Crippen LogP contribution in [0, 0.1) is 12.7 Å². The van der Waals surface area contributed by atoms with E-state index in [2.05, 4.69) is 15.4 Å². The van der Waals surface area contributed by atoms with E-state index in [1.807, 2.05) is 37.3 Å². The smallest absolute Gasteiger partial charge is 0.158 e. The highest BCUT2D eigenvalue weighted by molar-refractivity contribution is 5.62. The summed E-state index contributed by atoms with van der Waals surface area (Å²) >= 11 is 0. The molecular weight excluding hydrogens is 307 g/mol. The van der Waals surface area contributed by atoms with Crippen molar-refractivity contribution in [3.8, 4) is 17.0 Å². The van der Waals surface area contributed by atoms with E-state index in [-0.39, 0.29) is 0 Å². The van der Waals surface area contributed by atoms with Gasteiger partial charge in [-0.25, -0.2) is 15.2 Å². The second kappa shape index (κ2) is 7.06. The second-order valence-corrected chi connectivity index (χ2v) is 5.30. The molecule has 3 rings (SSSR count). The van der Waals surface area contributed by atoms with Gasteiger partial charge in [0, 0.05) is 11.6 Å². The molecule has 0 spiro atoms. The van der Waals surface area contributed by atoms with Gasteiger partial charge >= 0.3 is 0 Å². The summed E-state index contributed by atoms with van der Waals surface area (Å²) in [5.74, 6) is 5.76. The summed E-state index contributed by atoms with van der Waals surface area (Å²) in [6.07, 6.45) is 2.92. The number of rotatable bonds is 5. The molecule has 0 amide bonds. The van der Waals surface area contributed by atoms with Gasteiger partial charge in [0.15, 0.2) is 5.82 Å². The maximum atomic E-state index is 14.4. The Morgan fingerprint density at radius 3 is 2.58 bits per heavy atom. The lowest BCUT2D eigenvalue weighted by Crippen LogP contribution is -2.08. The lowest BCUT2D eigenvalue weighted by molar-refractivity contribution is 0.302. The van der Waals surface area contributed by atoms with Crippen LogP contribution >= 0.6 is 0 Å². The fourth-order valence-corrected chi connectivity index (χ4v) is 2.29. The first-order chi connectivity index (χ1) is 11.7. The van der Waals surface area contributed by atoms with Gasteiger partial charge in [0.2, 0.25) is 0 Å². The number of nitrogens with zero attached hydrogens (tertiary/aromatic N) is 2. The highest BCUT2D eigenvalue weighted by Crippen LogP contribution is 2.29. The predicted molar refractivity (Wildman–Crippen MR) is 90.7 cm³/mol. The van der Waals surface area contributed by atoms with Crippen molar-refractivity contribution in [2.75, 3.05) is 5.43 Å². The maximum absolute atomic E-state index is 14.4. The predicted octanol–water partition coefficient (Wildman–Crippen LogP) is 3.46. The minimum Gasteiger partial charge on any atom is -0.489 e. The van der Waals surface area contributed by atoms with Crippen LogP contribution in [0.3, 0.4) is 0 Å². The zero-order valence-electron chi connectivity index (χ0n) is 13.2. The second-order valence-electron chi connectivity index (χ2n) is 5.30. The number of aryl methyl sites for hydroxylation is 1. The average molecular weight is 324 g/mol. The van der Waals surface area contributed by atoms with E-state index in [9.17, 15) is 4.39 Å². The van der Waals surface area contributed by atoms with Crippen LogP contribution in [0.25, 0.3) is 11.3 Å². The number of nitrogens with two attached hydrogens (primary N) is 1. The first-order valence-electron chi connectivity index (χ1n) is 7.43. The molecule has 0 bridgehead atoms. The van der Waals surface area contributed by atoms with E-state index in [0.29, 0.717) is 29.4 Å². The Labute approximate surface area is 139 Å². The van der Waals surface area contributed by atoms with Gasteiger partial charge in [-0.3, -0.25) is 4.98 Å². The van der Waals surface area contributed by atoms with Crippen molar-refractivity contribution in [1.29, 1.82) is 0 Å². The van der Waals surface area contributed by atoms with Gasteiger partial charge < -0.3 is 10.2 Å². The largest absolute Gasteiger partial charge is 0.489 e. The van der Waals surface area contributed by atoms with Crippen LogP contribution in [0.2, 0.25) is 0 Å². The first kappa shape index (κ1) is 15.9. The van der Waals surface area contributed by atoms with E-state index < -0.39 is 5.82 Å². The van der Waals surface area contributed by atoms with Crippen LogP contribution in [0.15, 0.2) is 54.9 Å². The fraction of sp³-hybridized carbons (Fsp3) is 0.111. The molecule has 0 saturated heterocycles. The van der Waals surface area contributed by atoms with Gasteiger partial charge in [-0.05, 0) is 24.1 Å². The van der Waals surface area contributed by atoms with Crippen molar-refractivity contribution in [1.82, 2.24) is 9.97 Å². The quantitative estimate of drug-likeness (QED) is 0.555. The highest BCUT2D eigenvalue weighted by atomic mass is 19.1. The summed E-state index contributed by atoms with van der Waals surface area (Å²) in [5, 5.41) is 0. The number of hydrazine groups is 1. The highest BCUT2D eigenvalue weighted by Gasteiger charge is 2.12. The van der Waals surface area contributed by atoms with E-state index in [1.54, 1.807) is 6.07 Å². The summed E-state index contributed by atoms with van der Waals surface area (Å²) in [7, 11) is 0. The minimum absolute atomic E-state index is 0.371. The molecule has 0 aliphatic carbocycles. The van der Waals surface area contributed by atoms with Crippen LogP contribution in [-0.2, 0) is 6.61 Å². The molecule has 1 heterocycles. The number of hydrogen-bond donors (Lipinski definition) is 2. The number of nitrogen functional groups attached to an aromatic ring is 1. The van der Waals surface area contributed by atoms with Gasteiger partial charge in [0.05, 0.1) is 18.1 Å². The molecule has 0 aliphatic heterocycles. The molecule has 24 heavy (non-hydrogen) atoms. The zero-order chi connectivity index (χ0) is 16.9. The molecule has 0 unspecified atom stereocenters. The average Bonchev–Trinajstić information content (AvgIpc) is 2.63. The molecule has 0 atom stereocenters. The standard InChI is InChI=1S/C18H17FN4O/c1-12-7-14(16-9-22-18(23-20)10-21-16)15(19)8-17(12)24-11-13-5-3-2-4-6-13/h2-10H,11,20H2,1H3,(H,22,23). The number of ether oxygens (including phenoxy) is 1. The Hall–Kier alpha value is -2.99. The van der Waals surface area contributed by atoms with Gasteiger partial charge in [-0.2, -0.15) is 0 Å². The molecule has 122 valence electrons. The van der Waals surface area contributed by atoms with Crippen LogP contribution < -0.4 is 16.0 Å². The number of nitrogens with one attached hydrogen (secondary N) is 1. The number of benzene rings is 2. The van der Waals surface area contributed by atoms with Crippen molar-refractivity contribution < 1.29 is 9.13 Å². The van der Waals surface area contributed by atoms with Gasteiger partial charge in [-0.1, -0.05) is 30.3 Å². The Balaban J connectivity index is 1.82. The van der Waals surface area contributed by atoms with Crippen molar-refractivity contribution >= 4 is 5.82 Å². The molecular formula is C18H17FN4O. The fourth-order valence-electron chi connectivity index (χ4n) is 2.29. The SMILES string of the molecule is Cc1cc(-c2cnc(NN)cn2)c(F)cc1OCc1ccccc1. The Kier molecular flexibility index (Phi) is 4.67. The molecule has 3 N–H and O–H groups in total. The molecule has 3 aromatic rings. The number of anilines is 1. The summed E-state index contributed by atoms with van der Waals surface area (Å²) in [5.41, 5.74) is 5.04. The summed E-state index contributed by atoms with van der Waals surface area (Å²) in [6.45, 7) is 2.25. The summed E-state index contributed by atoms with van der Waals surface area (Å²) in [4.78, 5) is 8.21. The Bertz CT molecular complexity index is 822. The van der Waals surface area contributed by atoms with Crippen LogP contribution in [-0.4, -0.2) is 9.97 Å². The van der Waals surface area contributed by atoms with Crippen LogP contribution in [0.1, 0.15) is 11.1 Å². The van der Waals surface area contributed by atoms with E-state index in [4.69, 9.17) is 10.6 Å². The lowest BCUT2D eigenvalue weighted by atomic mass is 10.1. The zero-order valence-corrected chi connectivity index (χ0v) is 13.2. The van der Waals surface area contributed by atoms with Crippen molar-refractivity contribution in [2.45, 2.75) is 13.5 Å². The van der Waals surface area contributed by atoms with E-state index in [0.717, 1.165) is 11.1 Å². The van der Waals surface area contributed by atoms with Crippen LogP contribution in [0.4, 0.5) is 10.2 Å². The topological polar surface area (TPSA) is 73.1 Å². The summed E-state index contributed by atoms with van der Waals surface area (Å²) in [6, 6.07) is 12.8. The minimum atomic E-state index is -0.411. The first-order valence-corrected chi connectivity index (χ1v) is 7.43. The molecule has 0 aliphatic rings. The third kappa shape index (κ3) is 3.49. The lowest BCUT2D eigenvalue weighted by Gasteiger charge is -2.12. The van der Waals surface area contributed by atoms with Gasteiger partial charge in [-0.15, -0.1) is 0 Å². The molecule has 0 radical (unpaired) electrons. The normalized spacial score (nSPS) is 10.5. The molecule has 2 aromatic carbocycles. The molecule has 5 nitrogen and oxygen atoms in total. The van der Waals surface area contributed by atoms with Crippen LogP contribution in [0.5, 0.6) is 5.75 Å². The van der Waals surface area contributed by atoms with E-state index in [1.165, 1.54) is 18.5 Å². The van der Waals surface area contributed by atoms with Crippen molar-refractivity contribution in [3.05, 3.63) is 71.8 Å². The molecule has 6 heteroatoms.